The summed E-state index contributed by atoms with van der Waals surface area (Å²) in [5, 5.41) is 1.88. The Bertz CT molecular complexity index is 669. The fraction of sp³-hybridized carbons (Fsp3) is 0.250. The smallest absolute Gasteiger partial charge is 0.242 e. The van der Waals surface area contributed by atoms with E-state index in [1.54, 1.807) is 11.6 Å². The Morgan fingerprint density at radius 1 is 1.45 bits per heavy atom. The molecular weight excluding hydrogens is 298 g/mol. The molecule has 3 N–H and O–H groups in total. The van der Waals surface area contributed by atoms with E-state index < -0.39 is 10.0 Å². The zero-order valence-electron chi connectivity index (χ0n) is 10.9. The number of ether oxygens (including phenoxy) is 1. The van der Waals surface area contributed by atoms with E-state index in [9.17, 15) is 8.42 Å². The van der Waals surface area contributed by atoms with Gasteiger partial charge in [0.15, 0.2) is 0 Å². The minimum atomic E-state index is -3.62. The average Bonchev–Trinajstić information content (AvgIpc) is 2.91. The van der Waals surface area contributed by atoms with Crippen molar-refractivity contribution < 1.29 is 13.2 Å². The Labute approximate surface area is 121 Å². The highest BCUT2D eigenvalue weighted by Gasteiger charge is 2.17. The number of sulfonamides is 1. The van der Waals surface area contributed by atoms with E-state index in [4.69, 9.17) is 10.5 Å². The zero-order valence-corrected chi connectivity index (χ0v) is 12.5. The molecule has 20 heavy (non-hydrogen) atoms. The second-order valence-corrected chi connectivity index (χ2v) is 6.49. The van der Waals surface area contributed by atoms with E-state index in [2.05, 4.69) is 9.71 Å². The van der Waals surface area contributed by atoms with Crippen molar-refractivity contribution in [3.05, 3.63) is 34.8 Å². The number of methoxy groups -OCH3 is 1. The van der Waals surface area contributed by atoms with Gasteiger partial charge in [-0.2, -0.15) is 0 Å². The summed E-state index contributed by atoms with van der Waals surface area (Å²) in [4.78, 5) is 4.14. The van der Waals surface area contributed by atoms with Crippen LogP contribution in [0.25, 0.3) is 0 Å². The Balaban J connectivity index is 2.06. The number of nitrogens with one attached hydrogen (secondary N) is 1. The molecule has 6 nitrogen and oxygen atoms in total. The minimum Gasteiger partial charge on any atom is -0.497 e. The maximum atomic E-state index is 12.1. The fourth-order valence-corrected chi connectivity index (χ4v) is 3.39. The van der Waals surface area contributed by atoms with Gasteiger partial charge in [0.1, 0.15) is 10.6 Å². The summed E-state index contributed by atoms with van der Waals surface area (Å²) in [6.45, 7) is 0.275. The predicted molar refractivity (Wildman–Crippen MR) is 78.4 cm³/mol. The van der Waals surface area contributed by atoms with E-state index in [-0.39, 0.29) is 17.1 Å². The van der Waals surface area contributed by atoms with Crippen LogP contribution in [0.2, 0.25) is 0 Å². The van der Waals surface area contributed by atoms with Crippen LogP contribution in [0.1, 0.15) is 5.69 Å². The summed E-state index contributed by atoms with van der Waals surface area (Å²) in [5.74, 6) is 0.518. The van der Waals surface area contributed by atoms with E-state index in [1.165, 1.54) is 30.6 Å². The number of thiazole rings is 1. The number of nitrogen functional groups attached to an aromatic ring is 1. The second-order valence-electron chi connectivity index (χ2n) is 4.03. The maximum Gasteiger partial charge on any atom is 0.242 e. The minimum absolute atomic E-state index is 0.0524. The molecule has 1 aromatic heterocycles. The molecule has 1 aromatic carbocycles. The number of benzene rings is 1. The van der Waals surface area contributed by atoms with Gasteiger partial charge in [-0.05, 0) is 12.1 Å². The molecule has 0 unspecified atom stereocenters. The van der Waals surface area contributed by atoms with Gasteiger partial charge in [-0.1, -0.05) is 0 Å². The van der Waals surface area contributed by atoms with Crippen molar-refractivity contribution in [1.82, 2.24) is 9.71 Å². The first kappa shape index (κ1) is 14.8. The van der Waals surface area contributed by atoms with Gasteiger partial charge in [0.2, 0.25) is 10.0 Å². The number of hydrogen-bond donors (Lipinski definition) is 2. The van der Waals surface area contributed by atoms with Crippen LogP contribution >= 0.6 is 11.3 Å². The van der Waals surface area contributed by atoms with Crippen molar-refractivity contribution in [2.75, 3.05) is 19.4 Å². The molecule has 1 heterocycles. The number of nitrogens with two attached hydrogens (primary N) is 1. The molecule has 8 heteroatoms. The summed E-state index contributed by atoms with van der Waals surface area (Å²) < 4.78 is 31.8. The highest BCUT2D eigenvalue weighted by Crippen LogP contribution is 2.23. The molecular formula is C12H15N3O3S2. The first-order valence-electron chi connectivity index (χ1n) is 5.83. The van der Waals surface area contributed by atoms with Crippen molar-refractivity contribution >= 4 is 27.0 Å². The standard InChI is InChI=1S/C12H15N3O3S2/c1-18-10-2-3-12(11(13)6-10)20(16,17)15-5-4-9-7-19-8-14-9/h2-3,6-8,15H,4-5,13H2,1H3. The third kappa shape index (κ3) is 3.47. The molecule has 0 saturated carbocycles. The topological polar surface area (TPSA) is 94.3 Å². The lowest BCUT2D eigenvalue weighted by molar-refractivity contribution is 0.414. The molecule has 0 bridgehead atoms. The van der Waals surface area contributed by atoms with Gasteiger partial charge < -0.3 is 10.5 Å². The van der Waals surface area contributed by atoms with Gasteiger partial charge in [-0.25, -0.2) is 18.1 Å². The lowest BCUT2D eigenvalue weighted by Gasteiger charge is -2.09. The van der Waals surface area contributed by atoms with Crippen LogP contribution in [-0.4, -0.2) is 27.1 Å². The molecule has 0 saturated heterocycles. The number of nitrogens with zero attached hydrogens (tertiary/aromatic N) is 1. The van der Waals surface area contributed by atoms with Crippen molar-refractivity contribution in [3.8, 4) is 5.75 Å². The van der Waals surface area contributed by atoms with E-state index in [0.29, 0.717) is 12.2 Å². The van der Waals surface area contributed by atoms with E-state index in [1.807, 2.05) is 5.38 Å². The first-order chi connectivity index (χ1) is 9.53. The van der Waals surface area contributed by atoms with E-state index >= 15 is 0 Å². The fourth-order valence-electron chi connectivity index (χ4n) is 1.65. The molecule has 0 spiro atoms. The van der Waals surface area contributed by atoms with Crippen LogP contribution in [0.5, 0.6) is 5.75 Å². The largest absolute Gasteiger partial charge is 0.497 e. The van der Waals surface area contributed by atoms with Crippen LogP contribution in [0.15, 0.2) is 34.0 Å². The summed E-state index contributed by atoms with van der Waals surface area (Å²) >= 11 is 1.48. The Morgan fingerprint density at radius 3 is 2.85 bits per heavy atom. The van der Waals surface area contributed by atoms with Crippen LogP contribution < -0.4 is 15.2 Å². The maximum absolute atomic E-state index is 12.1. The SMILES string of the molecule is COc1ccc(S(=O)(=O)NCCc2cscn2)c(N)c1. The first-order valence-corrected chi connectivity index (χ1v) is 8.26. The van der Waals surface area contributed by atoms with Crippen LogP contribution in [0, 0.1) is 0 Å². The Morgan fingerprint density at radius 2 is 2.25 bits per heavy atom. The highest BCUT2D eigenvalue weighted by atomic mass is 32.2. The van der Waals surface area contributed by atoms with Gasteiger partial charge in [-0.15, -0.1) is 11.3 Å². The normalized spacial score (nSPS) is 11.4. The van der Waals surface area contributed by atoms with Gasteiger partial charge in [0, 0.05) is 24.4 Å². The van der Waals surface area contributed by atoms with Crippen molar-refractivity contribution in [2.24, 2.45) is 0 Å². The van der Waals surface area contributed by atoms with Gasteiger partial charge >= 0.3 is 0 Å². The number of aromatic nitrogens is 1. The lowest BCUT2D eigenvalue weighted by atomic mass is 10.3. The van der Waals surface area contributed by atoms with Crippen molar-refractivity contribution in [3.63, 3.8) is 0 Å². The third-order valence-electron chi connectivity index (χ3n) is 2.66. The highest BCUT2D eigenvalue weighted by molar-refractivity contribution is 7.89. The molecule has 108 valence electrons. The van der Waals surface area contributed by atoms with Crippen LogP contribution in [0.4, 0.5) is 5.69 Å². The Kier molecular flexibility index (Phi) is 4.58. The van der Waals surface area contributed by atoms with Gasteiger partial charge in [-0.3, -0.25) is 0 Å². The molecule has 0 aliphatic rings. The quantitative estimate of drug-likeness (QED) is 0.783. The summed E-state index contributed by atoms with van der Waals surface area (Å²) in [6.07, 6.45) is 0.540. The summed E-state index contributed by atoms with van der Waals surface area (Å²) in [5.41, 5.74) is 8.47. The van der Waals surface area contributed by atoms with Gasteiger partial charge in [0.25, 0.3) is 0 Å². The van der Waals surface area contributed by atoms with Crippen LogP contribution in [-0.2, 0) is 16.4 Å². The van der Waals surface area contributed by atoms with Crippen molar-refractivity contribution in [2.45, 2.75) is 11.3 Å². The van der Waals surface area contributed by atoms with Crippen LogP contribution in [0.3, 0.4) is 0 Å². The zero-order chi connectivity index (χ0) is 14.6. The average molecular weight is 313 g/mol. The van der Waals surface area contributed by atoms with Crippen molar-refractivity contribution in [1.29, 1.82) is 0 Å². The molecule has 0 atom stereocenters. The molecule has 0 aliphatic carbocycles. The second kappa shape index (κ2) is 6.21. The summed E-state index contributed by atoms with van der Waals surface area (Å²) in [7, 11) is -2.13. The monoisotopic (exact) mass is 313 g/mol. The Hall–Kier alpha value is -1.64. The molecule has 0 aliphatic heterocycles. The van der Waals surface area contributed by atoms with Gasteiger partial charge in [0.05, 0.1) is 24.0 Å². The molecule has 2 aromatic rings. The van der Waals surface area contributed by atoms with E-state index in [0.717, 1.165) is 5.69 Å². The molecule has 0 radical (unpaired) electrons. The number of anilines is 1. The molecule has 2 rings (SSSR count). The third-order valence-corrected chi connectivity index (χ3v) is 4.83. The lowest BCUT2D eigenvalue weighted by Crippen LogP contribution is -2.26. The number of rotatable bonds is 6. The number of hydrogen-bond acceptors (Lipinski definition) is 6. The predicted octanol–water partition coefficient (Wildman–Crippen LogP) is 1.25. The molecule has 0 amide bonds. The summed E-state index contributed by atoms with van der Waals surface area (Å²) in [6, 6.07) is 4.47. The molecule has 0 fully saturated rings.